The molecule has 3 aliphatic rings. The van der Waals surface area contributed by atoms with Crippen molar-refractivity contribution >= 4 is 27.6 Å². The first-order valence-corrected chi connectivity index (χ1v) is 15.8. The number of morpholine rings is 1. The maximum atomic E-state index is 13.7. The van der Waals surface area contributed by atoms with E-state index in [9.17, 15) is 8.42 Å². The van der Waals surface area contributed by atoms with Gasteiger partial charge in [0.15, 0.2) is 0 Å². The molecule has 2 atom stereocenters. The second-order valence-corrected chi connectivity index (χ2v) is 13.6. The van der Waals surface area contributed by atoms with E-state index >= 15 is 0 Å². The molecular formula is C29H45N7O5S. The van der Waals surface area contributed by atoms with Crippen LogP contribution in [0.25, 0.3) is 0 Å². The van der Waals surface area contributed by atoms with Gasteiger partial charge in [0.1, 0.15) is 23.3 Å². The zero-order valence-electron chi connectivity index (χ0n) is 25.6. The molecule has 0 radical (unpaired) electrons. The number of aromatic nitrogens is 2. The fourth-order valence-electron chi connectivity index (χ4n) is 5.75. The molecule has 0 spiro atoms. The van der Waals surface area contributed by atoms with Crippen LogP contribution >= 0.6 is 0 Å². The van der Waals surface area contributed by atoms with Gasteiger partial charge < -0.3 is 30.2 Å². The average molecular weight is 604 g/mol. The van der Waals surface area contributed by atoms with Crippen molar-refractivity contribution < 1.29 is 22.6 Å². The van der Waals surface area contributed by atoms with Crippen LogP contribution in [0.15, 0.2) is 23.1 Å². The van der Waals surface area contributed by atoms with E-state index in [1.807, 2.05) is 20.8 Å². The minimum atomic E-state index is -3.69. The first-order chi connectivity index (χ1) is 20.0. The van der Waals surface area contributed by atoms with E-state index in [1.165, 1.54) is 0 Å². The van der Waals surface area contributed by atoms with Gasteiger partial charge in [0, 0.05) is 53.5 Å². The Morgan fingerprint density at radius 1 is 1.17 bits per heavy atom. The molecule has 0 saturated carbocycles. The Bertz CT molecular complexity index is 1310. The zero-order chi connectivity index (χ0) is 30.5. The predicted molar refractivity (Wildman–Crippen MR) is 165 cm³/mol. The molecule has 0 amide bonds. The van der Waals surface area contributed by atoms with Crippen LogP contribution in [0.2, 0.25) is 0 Å². The van der Waals surface area contributed by atoms with Crippen LogP contribution in [-0.4, -0.2) is 118 Å². The van der Waals surface area contributed by atoms with Gasteiger partial charge in [-0.05, 0) is 45.8 Å². The molecule has 2 unspecified atom stereocenters. The van der Waals surface area contributed by atoms with E-state index < -0.39 is 27.2 Å². The summed E-state index contributed by atoms with van der Waals surface area (Å²) in [6.07, 6.45) is 11.9. The first kappa shape index (κ1) is 32.2. The van der Waals surface area contributed by atoms with Gasteiger partial charge in [-0.2, -0.15) is 14.3 Å². The second kappa shape index (κ2) is 13.3. The van der Waals surface area contributed by atoms with Gasteiger partial charge in [0.25, 0.3) is 0 Å². The zero-order valence-corrected chi connectivity index (χ0v) is 26.4. The number of allylic oxidation sites excluding steroid dienone is 1. The van der Waals surface area contributed by atoms with Crippen molar-refractivity contribution in [1.82, 2.24) is 19.2 Å². The lowest BCUT2D eigenvalue weighted by Gasteiger charge is -2.40. The summed E-state index contributed by atoms with van der Waals surface area (Å²) in [6, 6.07) is 0.387. The lowest BCUT2D eigenvalue weighted by molar-refractivity contribution is 0.00614. The number of hydrogen-bond acceptors (Lipinski definition) is 11. The summed E-state index contributed by atoms with van der Waals surface area (Å²) in [5.74, 6) is 3.91. The van der Waals surface area contributed by atoms with Crippen molar-refractivity contribution in [3.05, 3.63) is 28.7 Å². The van der Waals surface area contributed by atoms with Crippen molar-refractivity contribution in [2.45, 2.75) is 56.8 Å². The number of sulfonamides is 1. The van der Waals surface area contributed by atoms with Crippen LogP contribution in [0.5, 0.6) is 0 Å². The number of rotatable bonds is 11. The van der Waals surface area contributed by atoms with Crippen LogP contribution in [0, 0.1) is 12.3 Å². The molecule has 0 aromatic carbocycles. The summed E-state index contributed by atoms with van der Waals surface area (Å²) >= 11 is 0. The summed E-state index contributed by atoms with van der Waals surface area (Å²) in [7, 11) is 1.24. The van der Waals surface area contributed by atoms with Gasteiger partial charge in [-0.3, -0.25) is 4.90 Å². The molecule has 0 bridgehead atoms. The Kier molecular flexibility index (Phi) is 10.2. The standard InChI is InChI=1S/C29H45N7O5S/c1-8-23-25(30-5)31-27(32-26(23)33-28(2,3)20-39-6)34-29(4)12-9-22(19-24(29)40-7)42(37,38)36-13-10-21(11-14-36)35-15-17-41-18-16-35/h1,9,12,19,21,24H,10-11,13-18,20H2,2-7H3,(H3,30,31,32,33,34). The van der Waals surface area contributed by atoms with Crippen LogP contribution in [0.3, 0.4) is 0 Å². The Labute approximate surface area is 250 Å². The van der Waals surface area contributed by atoms with E-state index in [0.717, 1.165) is 39.1 Å². The number of terminal acetylenes is 1. The summed E-state index contributed by atoms with van der Waals surface area (Å²) < 4.78 is 45.5. The number of methoxy groups -OCH3 is 2. The second-order valence-electron chi connectivity index (χ2n) is 11.7. The molecule has 4 rings (SSSR count). The summed E-state index contributed by atoms with van der Waals surface area (Å²) in [4.78, 5) is 11.9. The molecule has 1 aromatic rings. The smallest absolute Gasteiger partial charge is 0.242 e. The molecule has 2 fully saturated rings. The number of piperidine rings is 1. The van der Waals surface area contributed by atoms with E-state index in [2.05, 4.69) is 31.8 Å². The maximum absolute atomic E-state index is 13.7. The quantitative estimate of drug-likeness (QED) is 0.322. The van der Waals surface area contributed by atoms with Gasteiger partial charge in [0.2, 0.25) is 16.0 Å². The van der Waals surface area contributed by atoms with E-state index in [-0.39, 0.29) is 4.91 Å². The maximum Gasteiger partial charge on any atom is 0.242 e. The highest BCUT2D eigenvalue weighted by molar-refractivity contribution is 7.93. The molecular weight excluding hydrogens is 558 g/mol. The van der Waals surface area contributed by atoms with Crippen LogP contribution in [-0.2, 0) is 24.2 Å². The molecule has 3 heterocycles. The van der Waals surface area contributed by atoms with Gasteiger partial charge in [0.05, 0.1) is 35.8 Å². The third kappa shape index (κ3) is 7.07. The third-order valence-electron chi connectivity index (χ3n) is 8.01. The number of hydrogen-bond donors (Lipinski definition) is 3. The lowest BCUT2D eigenvalue weighted by atomic mass is 9.90. The average Bonchev–Trinajstić information content (AvgIpc) is 2.97. The molecule has 13 heteroatoms. The molecule has 1 aromatic heterocycles. The van der Waals surface area contributed by atoms with Crippen LogP contribution in [0.1, 0.15) is 39.2 Å². The monoisotopic (exact) mass is 603 g/mol. The Balaban J connectivity index is 1.52. The van der Waals surface area contributed by atoms with Gasteiger partial charge in [-0.15, -0.1) is 6.42 Å². The fourth-order valence-corrected chi connectivity index (χ4v) is 7.27. The number of ether oxygens (including phenoxy) is 3. The minimum absolute atomic E-state index is 0.224. The number of nitrogens with one attached hydrogen (secondary N) is 3. The summed E-state index contributed by atoms with van der Waals surface area (Å²) in [6.45, 7) is 10.5. The first-order valence-electron chi connectivity index (χ1n) is 14.3. The largest absolute Gasteiger partial charge is 0.382 e. The molecule has 3 N–H and O–H groups in total. The van der Waals surface area contributed by atoms with Crippen LogP contribution < -0.4 is 16.0 Å². The SMILES string of the molecule is C#Cc1c(NC)nc(NC2(C)C=CC(S(=O)(=O)N3CCC(N4CCOCC4)CC3)=CC2OC)nc1NC(C)(C)COC. The lowest BCUT2D eigenvalue weighted by Crippen LogP contribution is -2.51. The van der Waals surface area contributed by atoms with Crippen molar-refractivity contribution in [2.24, 2.45) is 0 Å². The Morgan fingerprint density at radius 3 is 2.43 bits per heavy atom. The molecule has 232 valence electrons. The highest BCUT2D eigenvalue weighted by Gasteiger charge is 2.39. The van der Waals surface area contributed by atoms with E-state index in [1.54, 1.807) is 43.8 Å². The number of anilines is 3. The fraction of sp³-hybridized carbons (Fsp3) is 0.655. The summed E-state index contributed by atoms with van der Waals surface area (Å²) in [5, 5.41) is 9.76. The number of nitrogens with zero attached hydrogens (tertiary/aromatic N) is 4. The normalized spacial score (nSPS) is 24.6. The van der Waals surface area contributed by atoms with Gasteiger partial charge in [-0.25, -0.2) is 8.42 Å². The van der Waals surface area contributed by atoms with Crippen molar-refractivity contribution in [3.8, 4) is 12.3 Å². The van der Waals surface area contributed by atoms with E-state index in [0.29, 0.717) is 48.9 Å². The van der Waals surface area contributed by atoms with Crippen LogP contribution in [0.4, 0.5) is 17.6 Å². The molecule has 42 heavy (non-hydrogen) atoms. The minimum Gasteiger partial charge on any atom is -0.382 e. The molecule has 12 nitrogen and oxygen atoms in total. The highest BCUT2D eigenvalue weighted by atomic mass is 32.2. The molecule has 2 saturated heterocycles. The predicted octanol–water partition coefficient (Wildman–Crippen LogP) is 2.10. The third-order valence-corrected chi connectivity index (χ3v) is 9.92. The Morgan fingerprint density at radius 2 is 1.83 bits per heavy atom. The van der Waals surface area contributed by atoms with Crippen molar-refractivity contribution in [1.29, 1.82) is 0 Å². The molecule has 2 aliphatic heterocycles. The topological polar surface area (TPSA) is 130 Å². The van der Waals surface area contributed by atoms with Crippen molar-refractivity contribution in [2.75, 3.05) is 83.2 Å². The molecule has 1 aliphatic carbocycles. The highest BCUT2D eigenvalue weighted by Crippen LogP contribution is 2.33. The Hall–Kier alpha value is -2.73. The van der Waals surface area contributed by atoms with Crippen molar-refractivity contribution in [3.63, 3.8) is 0 Å². The van der Waals surface area contributed by atoms with E-state index in [4.69, 9.17) is 25.6 Å². The summed E-state index contributed by atoms with van der Waals surface area (Å²) in [5.41, 5.74) is -0.812. The van der Waals surface area contributed by atoms with Gasteiger partial charge in [-0.1, -0.05) is 12.0 Å². The van der Waals surface area contributed by atoms with Gasteiger partial charge >= 0.3 is 0 Å².